The first-order chi connectivity index (χ1) is 9.16. The van der Waals surface area contributed by atoms with Gasteiger partial charge in [-0.3, -0.25) is 4.79 Å². The minimum Gasteiger partial charge on any atom is -0.369 e. The van der Waals surface area contributed by atoms with Crippen LogP contribution in [-0.4, -0.2) is 44.0 Å². The molecule has 6 heteroatoms. The highest BCUT2D eigenvalue weighted by Crippen LogP contribution is 2.19. The zero-order chi connectivity index (χ0) is 14.3. The maximum absolute atomic E-state index is 11.3. The molecule has 1 N–H and O–H groups in total. The average molecular weight is 305 g/mol. The van der Waals surface area contributed by atoms with Crippen molar-refractivity contribution in [3.63, 3.8) is 0 Å². The molecular weight excluding hydrogens is 282 g/mol. The molecule has 1 amide bonds. The number of amides is 1. The summed E-state index contributed by atoms with van der Waals surface area (Å²) in [5, 5.41) is 2.67. The zero-order valence-corrected chi connectivity index (χ0v) is 13.5. The fraction of sp³-hybridized carbons (Fsp3) is 0.769. The van der Waals surface area contributed by atoms with Gasteiger partial charge in [0.05, 0.1) is 19.8 Å². The Morgan fingerprint density at radius 1 is 1.26 bits per heavy atom. The van der Waals surface area contributed by atoms with Crippen molar-refractivity contribution in [1.29, 1.82) is 0 Å². The molecule has 0 aromatic rings. The second-order valence-electron chi connectivity index (χ2n) is 3.86. The molecule has 0 spiro atoms. The molecule has 0 unspecified atom stereocenters. The van der Waals surface area contributed by atoms with Gasteiger partial charge in [0.25, 0.3) is 0 Å². The van der Waals surface area contributed by atoms with E-state index in [9.17, 15) is 4.79 Å². The number of hydrogen-bond acceptors (Lipinski definition) is 5. The van der Waals surface area contributed by atoms with Gasteiger partial charge in [-0.05, 0) is 0 Å². The predicted octanol–water partition coefficient (Wildman–Crippen LogP) is 2.15. The van der Waals surface area contributed by atoms with Crippen molar-refractivity contribution in [3.05, 3.63) is 0 Å². The van der Waals surface area contributed by atoms with Crippen molar-refractivity contribution in [3.8, 4) is 11.8 Å². The van der Waals surface area contributed by atoms with Crippen LogP contribution in [0.5, 0.6) is 0 Å². The van der Waals surface area contributed by atoms with E-state index in [-0.39, 0.29) is 12.5 Å². The van der Waals surface area contributed by atoms with Crippen molar-refractivity contribution >= 4 is 27.5 Å². The lowest BCUT2D eigenvalue weighted by molar-refractivity contribution is -0.125. The van der Waals surface area contributed by atoms with Gasteiger partial charge in [-0.15, -0.1) is 0 Å². The third-order valence-electron chi connectivity index (χ3n) is 1.70. The molecular formula is C13H23NO3S2. The van der Waals surface area contributed by atoms with Crippen LogP contribution < -0.4 is 5.32 Å². The number of ether oxygens (including phenoxy) is 2. The highest BCUT2D eigenvalue weighted by molar-refractivity contribution is 8.76. The molecule has 0 heterocycles. The van der Waals surface area contributed by atoms with Gasteiger partial charge in [0, 0.05) is 11.7 Å². The Balaban J connectivity index is 3.28. The van der Waals surface area contributed by atoms with E-state index in [2.05, 4.69) is 24.1 Å². The van der Waals surface area contributed by atoms with Gasteiger partial charge in [-0.1, -0.05) is 54.2 Å². The summed E-state index contributed by atoms with van der Waals surface area (Å²) in [6, 6.07) is 0. The molecule has 0 aromatic carbocycles. The van der Waals surface area contributed by atoms with Crippen LogP contribution in [0.1, 0.15) is 20.8 Å². The third kappa shape index (κ3) is 15.6. The maximum Gasteiger partial charge on any atom is 0.246 e. The first kappa shape index (κ1) is 18.7. The summed E-state index contributed by atoms with van der Waals surface area (Å²) >= 11 is 0. The Hall–Kier alpha value is -0.350. The van der Waals surface area contributed by atoms with E-state index < -0.39 is 0 Å². The highest BCUT2D eigenvalue weighted by Gasteiger charge is 1.99. The molecule has 0 aliphatic heterocycles. The first-order valence-electron chi connectivity index (χ1n) is 6.31. The Kier molecular flexibility index (Phi) is 13.8. The van der Waals surface area contributed by atoms with Crippen LogP contribution in [0.4, 0.5) is 0 Å². The second kappa shape index (κ2) is 14.1. The number of nitrogens with one attached hydrogen (secondary N) is 1. The Labute approximate surface area is 124 Å². The van der Waals surface area contributed by atoms with Gasteiger partial charge in [-0.25, -0.2) is 0 Å². The molecule has 0 rings (SSSR count). The summed E-state index contributed by atoms with van der Waals surface area (Å²) in [5.41, 5.74) is 0. The van der Waals surface area contributed by atoms with Gasteiger partial charge in [0.15, 0.2) is 0 Å². The molecule has 0 saturated heterocycles. The summed E-state index contributed by atoms with van der Waals surface area (Å²) in [4.78, 5) is 11.3. The standard InChI is InChI=1S/C13H23NO3S2/c1-4-18-19-11-17-9-8-16-10-13(15)14-7-5-6-12(2)3/h12H,4,7-11H2,1-3H3,(H,14,15). The normalized spacial score (nSPS) is 10.1. The summed E-state index contributed by atoms with van der Waals surface area (Å²) < 4.78 is 10.5. The lowest BCUT2D eigenvalue weighted by Crippen LogP contribution is -2.28. The molecule has 0 radical (unpaired) electrons. The lowest BCUT2D eigenvalue weighted by atomic mass is 10.2. The van der Waals surface area contributed by atoms with Crippen LogP contribution in [0.25, 0.3) is 0 Å². The topological polar surface area (TPSA) is 47.6 Å². The van der Waals surface area contributed by atoms with E-state index in [1.54, 1.807) is 21.6 Å². The number of rotatable bonds is 10. The second-order valence-corrected chi connectivity index (χ2v) is 6.55. The van der Waals surface area contributed by atoms with Gasteiger partial charge >= 0.3 is 0 Å². The predicted molar refractivity (Wildman–Crippen MR) is 83.0 cm³/mol. The highest BCUT2D eigenvalue weighted by atomic mass is 33.1. The van der Waals surface area contributed by atoms with Crippen LogP contribution in [0.3, 0.4) is 0 Å². The van der Waals surface area contributed by atoms with Crippen molar-refractivity contribution < 1.29 is 14.3 Å². The fourth-order valence-electron chi connectivity index (χ4n) is 0.942. The molecule has 19 heavy (non-hydrogen) atoms. The van der Waals surface area contributed by atoms with E-state index in [4.69, 9.17) is 9.47 Å². The summed E-state index contributed by atoms with van der Waals surface area (Å²) in [5.74, 6) is 7.76. The van der Waals surface area contributed by atoms with Crippen LogP contribution in [0.2, 0.25) is 0 Å². The van der Waals surface area contributed by atoms with Gasteiger partial charge in [0.1, 0.15) is 12.5 Å². The first-order valence-corrected chi connectivity index (χ1v) is 8.80. The average Bonchev–Trinajstić information content (AvgIpc) is 2.37. The van der Waals surface area contributed by atoms with E-state index >= 15 is 0 Å². The maximum atomic E-state index is 11.3. The quantitative estimate of drug-likeness (QED) is 0.290. The van der Waals surface area contributed by atoms with Crippen LogP contribution in [0.15, 0.2) is 0 Å². The van der Waals surface area contributed by atoms with E-state index in [1.165, 1.54) is 0 Å². The van der Waals surface area contributed by atoms with Crippen molar-refractivity contribution in [2.45, 2.75) is 20.8 Å². The Bertz CT molecular complexity index is 287. The largest absolute Gasteiger partial charge is 0.369 e. The van der Waals surface area contributed by atoms with Crippen LogP contribution >= 0.6 is 21.6 Å². The molecule has 0 atom stereocenters. The van der Waals surface area contributed by atoms with Gasteiger partial charge in [0.2, 0.25) is 5.91 Å². The summed E-state index contributed by atoms with van der Waals surface area (Å²) in [6.07, 6.45) is 0. The zero-order valence-electron chi connectivity index (χ0n) is 11.9. The molecule has 110 valence electrons. The van der Waals surface area contributed by atoms with E-state index in [1.807, 2.05) is 13.8 Å². The molecule has 0 aliphatic carbocycles. The van der Waals surface area contributed by atoms with Crippen molar-refractivity contribution in [1.82, 2.24) is 5.32 Å². The number of carbonyl (C=O) groups is 1. The number of carbonyl (C=O) groups excluding carboxylic acids is 1. The van der Waals surface area contributed by atoms with Crippen molar-refractivity contribution in [2.75, 3.05) is 38.1 Å². The Morgan fingerprint density at radius 2 is 2.00 bits per heavy atom. The molecule has 0 aromatic heterocycles. The third-order valence-corrected chi connectivity index (χ3v) is 3.86. The molecule has 0 bridgehead atoms. The summed E-state index contributed by atoms with van der Waals surface area (Å²) in [6.45, 7) is 7.50. The fourth-order valence-corrected chi connectivity index (χ4v) is 2.27. The number of hydrogen-bond donors (Lipinski definition) is 1. The van der Waals surface area contributed by atoms with Crippen LogP contribution in [-0.2, 0) is 14.3 Å². The molecule has 4 nitrogen and oxygen atoms in total. The monoisotopic (exact) mass is 305 g/mol. The summed E-state index contributed by atoms with van der Waals surface area (Å²) in [7, 11) is 3.44. The minimum atomic E-state index is -0.144. The van der Waals surface area contributed by atoms with Gasteiger partial charge in [-0.2, -0.15) is 0 Å². The molecule has 0 fully saturated rings. The van der Waals surface area contributed by atoms with E-state index in [0.29, 0.717) is 31.6 Å². The lowest BCUT2D eigenvalue weighted by Gasteiger charge is -2.05. The van der Waals surface area contributed by atoms with E-state index in [0.717, 1.165) is 5.75 Å². The van der Waals surface area contributed by atoms with Crippen LogP contribution in [0, 0.1) is 17.8 Å². The smallest absolute Gasteiger partial charge is 0.246 e. The van der Waals surface area contributed by atoms with Gasteiger partial charge < -0.3 is 14.8 Å². The minimum absolute atomic E-state index is 0.0591. The SMILES string of the molecule is CCSSCOCCOCC(=O)NCC#CC(C)C. The molecule has 0 saturated carbocycles. The Morgan fingerprint density at radius 3 is 2.68 bits per heavy atom. The van der Waals surface area contributed by atoms with Crippen molar-refractivity contribution in [2.24, 2.45) is 5.92 Å². The molecule has 0 aliphatic rings.